The Labute approximate surface area is 158 Å². The number of pyridine rings is 1. The Kier molecular flexibility index (Phi) is 6.02. The lowest BCUT2D eigenvalue weighted by Gasteiger charge is -2.11. The second kappa shape index (κ2) is 8.63. The Bertz CT molecular complexity index is 1010. The molecule has 0 aliphatic heterocycles. The van der Waals surface area contributed by atoms with Crippen LogP contribution in [0, 0.1) is 0 Å². The monoisotopic (exact) mass is 386 g/mol. The van der Waals surface area contributed by atoms with Gasteiger partial charge in [0.05, 0.1) is 10.6 Å². The molecule has 0 amide bonds. The van der Waals surface area contributed by atoms with Crippen molar-refractivity contribution in [3.05, 3.63) is 60.6 Å². The Balaban J connectivity index is 1.63. The van der Waals surface area contributed by atoms with Gasteiger partial charge >= 0.3 is 0 Å². The molecule has 3 rings (SSSR count). The summed E-state index contributed by atoms with van der Waals surface area (Å²) in [6.45, 7) is 3.19. The average molecular weight is 386 g/mol. The molecular formula is C18H22N6O2S. The largest absolute Gasteiger partial charge is 0.357 e. The van der Waals surface area contributed by atoms with E-state index in [4.69, 9.17) is 0 Å². The molecule has 2 aromatic heterocycles. The molecule has 0 saturated carbocycles. The third-order valence-corrected chi connectivity index (χ3v) is 5.60. The van der Waals surface area contributed by atoms with Crippen LogP contribution < -0.4 is 10.6 Å². The number of nitrogens with zero attached hydrogens (tertiary/aromatic N) is 4. The molecular weight excluding hydrogens is 364 g/mol. The van der Waals surface area contributed by atoms with Gasteiger partial charge in [0.1, 0.15) is 6.54 Å². The fraction of sp³-hybridized carbons (Fsp3) is 0.278. The lowest BCUT2D eigenvalue weighted by Crippen LogP contribution is -2.39. The molecule has 0 fully saturated rings. The highest BCUT2D eigenvalue weighted by Crippen LogP contribution is 2.09. The van der Waals surface area contributed by atoms with E-state index in [2.05, 4.69) is 25.8 Å². The van der Waals surface area contributed by atoms with E-state index in [0.29, 0.717) is 29.8 Å². The SMILES string of the molecule is CCNC(=NCc1nnc2ccccn12)NCCS(=O)(=O)c1ccccc1. The fourth-order valence-corrected chi connectivity index (χ4v) is 3.72. The predicted octanol–water partition coefficient (Wildman–Crippen LogP) is 1.26. The first kappa shape index (κ1) is 18.8. The van der Waals surface area contributed by atoms with E-state index in [1.54, 1.807) is 30.3 Å². The topological polar surface area (TPSA) is 101 Å². The highest BCUT2D eigenvalue weighted by Gasteiger charge is 2.13. The maximum Gasteiger partial charge on any atom is 0.191 e. The van der Waals surface area contributed by atoms with Crippen LogP contribution in [0.2, 0.25) is 0 Å². The van der Waals surface area contributed by atoms with Crippen molar-refractivity contribution in [1.29, 1.82) is 0 Å². The van der Waals surface area contributed by atoms with Crippen LogP contribution in [0.3, 0.4) is 0 Å². The highest BCUT2D eigenvalue weighted by molar-refractivity contribution is 7.91. The van der Waals surface area contributed by atoms with Crippen molar-refractivity contribution in [3.63, 3.8) is 0 Å². The summed E-state index contributed by atoms with van der Waals surface area (Å²) < 4.78 is 26.5. The van der Waals surface area contributed by atoms with Crippen LogP contribution in [0.4, 0.5) is 0 Å². The van der Waals surface area contributed by atoms with E-state index in [0.717, 1.165) is 5.65 Å². The number of guanidine groups is 1. The standard InChI is InChI=1S/C18H22N6O2S/c1-2-19-18(20-11-13-27(25,26)15-8-4-3-5-9-15)21-14-17-23-22-16-10-6-7-12-24(16)17/h3-10,12H,2,11,13-14H2,1H3,(H2,19,20,21). The number of sulfone groups is 1. The molecule has 0 aliphatic rings. The highest BCUT2D eigenvalue weighted by atomic mass is 32.2. The Morgan fingerprint density at radius 2 is 1.85 bits per heavy atom. The minimum atomic E-state index is -3.33. The number of benzene rings is 1. The maximum atomic E-state index is 12.3. The van der Waals surface area contributed by atoms with Gasteiger partial charge in [-0.25, -0.2) is 13.4 Å². The first-order valence-electron chi connectivity index (χ1n) is 8.69. The first-order chi connectivity index (χ1) is 13.1. The summed E-state index contributed by atoms with van der Waals surface area (Å²) in [5.74, 6) is 1.23. The van der Waals surface area contributed by atoms with E-state index >= 15 is 0 Å². The van der Waals surface area contributed by atoms with Gasteiger partial charge in [0.15, 0.2) is 27.3 Å². The van der Waals surface area contributed by atoms with Gasteiger partial charge < -0.3 is 10.6 Å². The molecule has 3 aromatic rings. The molecule has 0 bridgehead atoms. The first-order valence-corrected chi connectivity index (χ1v) is 10.3. The summed E-state index contributed by atoms with van der Waals surface area (Å²) in [5.41, 5.74) is 0.759. The Morgan fingerprint density at radius 3 is 2.63 bits per heavy atom. The zero-order valence-electron chi connectivity index (χ0n) is 15.0. The van der Waals surface area contributed by atoms with E-state index in [-0.39, 0.29) is 12.3 Å². The summed E-state index contributed by atoms with van der Waals surface area (Å²) in [7, 11) is -3.33. The van der Waals surface area contributed by atoms with E-state index in [9.17, 15) is 8.42 Å². The zero-order chi connectivity index (χ0) is 19.1. The van der Waals surface area contributed by atoms with E-state index in [1.165, 1.54) is 0 Å². The molecule has 2 heterocycles. The number of nitrogens with one attached hydrogen (secondary N) is 2. The van der Waals surface area contributed by atoms with Crippen molar-refractivity contribution in [2.45, 2.75) is 18.4 Å². The second-order valence-corrected chi connectivity index (χ2v) is 7.91. The molecule has 0 atom stereocenters. The average Bonchev–Trinajstić information content (AvgIpc) is 3.10. The van der Waals surface area contributed by atoms with Gasteiger partial charge in [-0.05, 0) is 31.2 Å². The van der Waals surface area contributed by atoms with Gasteiger partial charge in [-0.2, -0.15) is 0 Å². The predicted molar refractivity (Wildman–Crippen MR) is 104 cm³/mol. The van der Waals surface area contributed by atoms with Crippen LogP contribution in [-0.2, 0) is 16.4 Å². The van der Waals surface area contributed by atoms with Crippen LogP contribution in [0.25, 0.3) is 5.65 Å². The van der Waals surface area contributed by atoms with Crippen LogP contribution in [0.1, 0.15) is 12.7 Å². The molecule has 27 heavy (non-hydrogen) atoms. The normalized spacial score (nSPS) is 12.3. The number of aliphatic imine (C=N–C) groups is 1. The summed E-state index contributed by atoms with van der Waals surface area (Å²) in [5, 5.41) is 14.4. The molecule has 0 unspecified atom stereocenters. The number of rotatable bonds is 7. The maximum absolute atomic E-state index is 12.3. The molecule has 1 aromatic carbocycles. The molecule has 9 heteroatoms. The van der Waals surface area contributed by atoms with Crippen molar-refractivity contribution in [2.24, 2.45) is 4.99 Å². The van der Waals surface area contributed by atoms with E-state index in [1.807, 2.05) is 35.7 Å². The third-order valence-electron chi connectivity index (χ3n) is 3.87. The quantitative estimate of drug-likeness (QED) is 0.468. The van der Waals surface area contributed by atoms with Crippen LogP contribution in [-0.4, -0.2) is 47.8 Å². The molecule has 0 aliphatic carbocycles. The van der Waals surface area contributed by atoms with Gasteiger partial charge in [-0.3, -0.25) is 4.40 Å². The number of aromatic nitrogens is 3. The number of fused-ring (bicyclic) bond motifs is 1. The lowest BCUT2D eigenvalue weighted by atomic mass is 10.4. The minimum absolute atomic E-state index is 0.0186. The van der Waals surface area contributed by atoms with E-state index < -0.39 is 9.84 Å². The summed E-state index contributed by atoms with van der Waals surface area (Å²) in [4.78, 5) is 4.80. The molecule has 0 saturated heterocycles. The molecule has 2 N–H and O–H groups in total. The van der Waals surface area contributed by atoms with Gasteiger partial charge in [0, 0.05) is 19.3 Å². The minimum Gasteiger partial charge on any atom is -0.357 e. The summed E-state index contributed by atoms with van der Waals surface area (Å²) in [6.07, 6.45) is 1.88. The van der Waals surface area contributed by atoms with Crippen LogP contribution in [0.15, 0.2) is 64.6 Å². The lowest BCUT2D eigenvalue weighted by molar-refractivity contribution is 0.594. The molecule has 8 nitrogen and oxygen atoms in total. The van der Waals surface area contributed by atoms with Crippen LogP contribution >= 0.6 is 0 Å². The second-order valence-electron chi connectivity index (χ2n) is 5.80. The molecule has 0 spiro atoms. The van der Waals surface area contributed by atoms with Crippen LogP contribution in [0.5, 0.6) is 0 Å². The molecule has 142 valence electrons. The van der Waals surface area contributed by atoms with Gasteiger partial charge in [-0.15, -0.1) is 10.2 Å². The van der Waals surface area contributed by atoms with Crippen molar-refractivity contribution in [1.82, 2.24) is 25.2 Å². The van der Waals surface area contributed by atoms with Crippen molar-refractivity contribution in [3.8, 4) is 0 Å². The Hall–Kier alpha value is -2.94. The molecule has 0 radical (unpaired) electrons. The van der Waals surface area contributed by atoms with Gasteiger partial charge in [0.25, 0.3) is 0 Å². The third kappa shape index (κ3) is 4.82. The summed E-state index contributed by atoms with van der Waals surface area (Å²) >= 11 is 0. The summed E-state index contributed by atoms with van der Waals surface area (Å²) in [6, 6.07) is 14.1. The number of hydrogen-bond acceptors (Lipinski definition) is 5. The van der Waals surface area contributed by atoms with Crippen molar-refractivity contribution >= 4 is 21.4 Å². The van der Waals surface area contributed by atoms with Crippen molar-refractivity contribution in [2.75, 3.05) is 18.8 Å². The van der Waals surface area contributed by atoms with Crippen molar-refractivity contribution < 1.29 is 8.42 Å². The van der Waals surface area contributed by atoms with Gasteiger partial charge in [-0.1, -0.05) is 24.3 Å². The zero-order valence-corrected chi connectivity index (χ0v) is 15.9. The fourth-order valence-electron chi connectivity index (χ4n) is 2.54. The number of hydrogen-bond donors (Lipinski definition) is 2. The smallest absolute Gasteiger partial charge is 0.191 e. The van der Waals surface area contributed by atoms with Gasteiger partial charge in [0.2, 0.25) is 0 Å². The Morgan fingerprint density at radius 1 is 1.07 bits per heavy atom.